The summed E-state index contributed by atoms with van der Waals surface area (Å²) in [5.41, 5.74) is 3.89. The van der Waals surface area contributed by atoms with E-state index in [2.05, 4.69) is 10.8 Å². The zero-order valence-electron chi connectivity index (χ0n) is 17.2. The molecule has 11 nitrogen and oxygen atoms in total. The zero-order chi connectivity index (χ0) is 22.3. The van der Waals surface area contributed by atoms with Gasteiger partial charge in [-0.15, -0.1) is 0 Å². The highest BCUT2D eigenvalue weighted by molar-refractivity contribution is 5.76. The van der Waals surface area contributed by atoms with E-state index in [4.69, 9.17) is 24.8 Å². The number of carbonyl (C=O) groups excluding carboxylic acids is 1. The molecule has 0 unspecified atom stereocenters. The Labute approximate surface area is 174 Å². The van der Waals surface area contributed by atoms with E-state index in [1.54, 1.807) is 37.8 Å². The van der Waals surface area contributed by atoms with E-state index in [1.807, 2.05) is 6.07 Å². The lowest BCUT2D eigenvalue weighted by Crippen LogP contribution is -2.39. The molecule has 0 spiro atoms. The molecule has 0 saturated carbocycles. The number of amides is 1. The van der Waals surface area contributed by atoms with Gasteiger partial charge in [-0.2, -0.15) is 0 Å². The van der Waals surface area contributed by atoms with Crippen LogP contribution < -0.4 is 15.5 Å². The van der Waals surface area contributed by atoms with Gasteiger partial charge in [-0.3, -0.25) is 10.2 Å². The number of aliphatic carboxylic acids is 1. The van der Waals surface area contributed by atoms with Gasteiger partial charge in [0.15, 0.2) is 6.10 Å². The van der Waals surface area contributed by atoms with E-state index < -0.39 is 23.8 Å². The van der Waals surface area contributed by atoms with Crippen LogP contribution in [0.1, 0.15) is 31.9 Å². The Morgan fingerprint density at radius 3 is 2.63 bits per heavy atom. The molecule has 30 heavy (non-hydrogen) atoms. The van der Waals surface area contributed by atoms with E-state index in [9.17, 15) is 14.7 Å². The van der Waals surface area contributed by atoms with Gasteiger partial charge in [-0.25, -0.2) is 15.1 Å². The summed E-state index contributed by atoms with van der Waals surface area (Å²) in [6.07, 6.45) is -2.13. The number of hydrogen-bond acceptors (Lipinski definition) is 7. The number of nitrogens with one attached hydrogen (secondary N) is 3. The van der Waals surface area contributed by atoms with Crippen LogP contribution in [0.3, 0.4) is 0 Å². The summed E-state index contributed by atoms with van der Waals surface area (Å²) in [4.78, 5) is 29.1. The average Bonchev–Trinajstić information content (AvgIpc) is 3.07. The highest BCUT2D eigenvalue weighted by Gasteiger charge is 2.22. The Morgan fingerprint density at radius 1 is 1.27 bits per heavy atom. The zero-order valence-corrected chi connectivity index (χ0v) is 17.2. The molecule has 1 heterocycles. The van der Waals surface area contributed by atoms with Crippen molar-refractivity contribution in [1.29, 1.82) is 5.41 Å². The number of hydroxylamine groups is 1. The van der Waals surface area contributed by atoms with Crippen LogP contribution in [0.2, 0.25) is 0 Å². The van der Waals surface area contributed by atoms with Crippen molar-refractivity contribution in [2.45, 2.75) is 45.6 Å². The molecule has 2 rings (SSSR count). The summed E-state index contributed by atoms with van der Waals surface area (Å²) in [6.45, 7) is 6.28. The van der Waals surface area contributed by atoms with Crippen LogP contribution >= 0.6 is 0 Å². The van der Waals surface area contributed by atoms with Crippen molar-refractivity contribution >= 4 is 18.0 Å². The van der Waals surface area contributed by atoms with Crippen molar-refractivity contribution in [3.05, 3.63) is 29.3 Å². The van der Waals surface area contributed by atoms with Gasteiger partial charge in [0, 0.05) is 19.6 Å². The minimum Gasteiger partial charge on any atom is -0.490 e. The molecular formula is C19H28N4O7. The van der Waals surface area contributed by atoms with Crippen LogP contribution in [0.25, 0.3) is 0 Å². The topological polar surface area (TPSA) is 153 Å². The van der Waals surface area contributed by atoms with Crippen LogP contribution in [-0.2, 0) is 27.5 Å². The number of alkyl carbamates (subject to hydrolysis) is 1. The minimum atomic E-state index is -1.59. The Balaban J connectivity index is 1.71. The number of rotatable bonds is 8. The number of nitrogens with zero attached hydrogens (tertiary/aromatic N) is 1. The molecule has 0 radical (unpaired) electrons. The number of ether oxygens (including phenoxy) is 2. The average molecular weight is 424 g/mol. The molecule has 1 aromatic rings. The first-order valence-electron chi connectivity index (χ1n) is 9.39. The van der Waals surface area contributed by atoms with Crippen LogP contribution in [0.4, 0.5) is 4.79 Å². The molecule has 1 aliphatic rings. The normalized spacial score (nSPS) is 13.9. The van der Waals surface area contributed by atoms with Gasteiger partial charge in [0.1, 0.15) is 18.0 Å². The largest absolute Gasteiger partial charge is 0.490 e. The van der Waals surface area contributed by atoms with E-state index >= 15 is 0 Å². The summed E-state index contributed by atoms with van der Waals surface area (Å²) < 4.78 is 10.4. The lowest BCUT2D eigenvalue weighted by Gasteiger charge is -2.20. The van der Waals surface area contributed by atoms with Crippen LogP contribution in [-0.4, -0.2) is 64.6 Å². The molecule has 1 amide bonds. The highest BCUT2D eigenvalue weighted by Crippen LogP contribution is 2.26. The number of benzene rings is 1. The van der Waals surface area contributed by atoms with E-state index in [1.165, 1.54) is 0 Å². The number of guanidine groups is 1. The number of aliphatic hydroxyl groups is 1. The molecule has 1 atom stereocenters. The molecule has 0 aliphatic carbocycles. The molecule has 166 valence electrons. The summed E-state index contributed by atoms with van der Waals surface area (Å²) in [6, 6.07) is 5.27. The number of carbonyl (C=O) groups is 2. The van der Waals surface area contributed by atoms with Gasteiger partial charge in [-0.1, -0.05) is 6.07 Å². The quantitative estimate of drug-likeness (QED) is 0.176. The lowest BCUT2D eigenvalue weighted by atomic mass is 10.1. The predicted octanol–water partition coefficient (Wildman–Crippen LogP) is 0.807. The van der Waals surface area contributed by atoms with E-state index in [-0.39, 0.29) is 25.7 Å². The van der Waals surface area contributed by atoms with Crippen molar-refractivity contribution < 1.29 is 34.1 Å². The number of aliphatic hydroxyl groups excluding tert-OH is 1. The van der Waals surface area contributed by atoms with Gasteiger partial charge < -0.3 is 29.9 Å². The van der Waals surface area contributed by atoms with Crippen molar-refractivity contribution in [1.82, 2.24) is 15.7 Å². The molecule has 0 aromatic heterocycles. The third-order valence-electron chi connectivity index (χ3n) is 3.95. The molecule has 11 heteroatoms. The molecule has 0 fully saturated rings. The first kappa shape index (κ1) is 23.2. The second-order valence-electron chi connectivity index (χ2n) is 7.68. The fourth-order valence-corrected chi connectivity index (χ4v) is 2.57. The van der Waals surface area contributed by atoms with E-state index in [0.717, 1.165) is 11.1 Å². The predicted molar refractivity (Wildman–Crippen MR) is 106 cm³/mol. The van der Waals surface area contributed by atoms with Crippen LogP contribution in [0.15, 0.2) is 18.2 Å². The number of hydrogen-bond donors (Lipinski definition) is 5. The number of fused-ring (bicyclic) bond motifs is 1. The summed E-state index contributed by atoms with van der Waals surface area (Å²) >= 11 is 0. The Bertz CT molecular complexity index is 779. The summed E-state index contributed by atoms with van der Waals surface area (Å²) in [7, 11) is 0. The lowest BCUT2D eigenvalue weighted by molar-refractivity contribution is -0.148. The van der Waals surface area contributed by atoms with Gasteiger partial charge in [0.25, 0.3) is 0 Å². The smallest absolute Gasteiger partial charge is 0.407 e. The fourth-order valence-electron chi connectivity index (χ4n) is 2.57. The maximum atomic E-state index is 11.5. The third kappa shape index (κ3) is 7.41. The molecule has 5 N–H and O–H groups in total. The van der Waals surface area contributed by atoms with Crippen molar-refractivity contribution in [3.63, 3.8) is 0 Å². The summed E-state index contributed by atoms with van der Waals surface area (Å²) in [5, 5.41) is 28.6. The fraction of sp³-hybridized carbons (Fsp3) is 0.526. The second-order valence-corrected chi connectivity index (χ2v) is 7.68. The Hall–Kier alpha value is -3.05. The first-order valence-corrected chi connectivity index (χ1v) is 9.39. The van der Waals surface area contributed by atoms with Crippen LogP contribution in [0.5, 0.6) is 5.75 Å². The maximum Gasteiger partial charge on any atom is 0.407 e. The summed E-state index contributed by atoms with van der Waals surface area (Å²) in [5.74, 6) is -0.838. The van der Waals surface area contributed by atoms with Gasteiger partial charge in [-0.05, 0) is 44.0 Å². The monoisotopic (exact) mass is 424 g/mol. The van der Waals surface area contributed by atoms with Crippen molar-refractivity contribution in [3.8, 4) is 5.75 Å². The van der Waals surface area contributed by atoms with Crippen LogP contribution in [0, 0.1) is 5.41 Å². The highest BCUT2D eigenvalue weighted by atomic mass is 16.6. The first-order chi connectivity index (χ1) is 14.0. The van der Waals surface area contributed by atoms with Gasteiger partial charge >= 0.3 is 12.1 Å². The molecule has 0 bridgehead atoms. The number of carboxylic acid groups (broad SMARTS) is 1. The van der Waals surface area contributed by atoms with Crippen molar-refractivity contribution in [2.24, 2.45) is 0 Å². The molecule has 1 aromatic carbocycles. The molecule has 1 aliphatic heterocycles. The third-order valence-corrected chi connectivity index (χ3v) is 3.95. The second kappa shape index (κ2) is 10.1. The Morgan fingerprint density at radius 2 is 1.97 bits per heavy atom. The van der Waals surface area contributed by atoms with E-state index in [0.29, 0.717) is 18.8 Å². The maximum absolute atomic E-state index is 11.5. The Kier molecular flexibility index (Phi) is 7.84. The minimum absolute atomic E-state index is 0.0623. The van der Waals surface area contributed by atoms with Gasteiger partial charge in [0.2, 0.25) is 5.96 Å². The van der Waals surface area contributed by atoms with Gasteiger partial charge in [0.05, 0.1) is 6.61 Å². The number of carboxylic acids is 1. The molecular weight excluding hydrogens is 396 g/mol. The van der Waals surface area contributed by atoms with Crippen molar-refractivity contribution in [2.75, 3.05) is 19.8 Å². The molecule has 0 saturated heterocycles. The SMILES string of the molecule is CC(C)(C)OC(=O)NCCONC(=N)N1Cc2ccc(OC[C@@H](O)C(=O)O)cc2C1. The standard InChI is InChI=1S/C19H28N4O7/c1-19(2,3)30-18(27)21-6-7-29-22-17(20)23-9-12-4-5-14(8-13(12)10-23)28-11-15(24)16(25)26/h4-5,8,15,24H,6-7,9-11H2,1-3H3,(H2,20,22)(H,21,27)(H,25,26)/t15-/m1/s1.